The second kappa shape index (κ2) is 3.73. The highest BCUT2D eigenvalue weighted by Gasteiger charge is 2.48. The minimum Gasteiger partial charge on any atom is -0.480 e. The highest BCUT2D eigenvalue weighted by atomic mass is 16.4. The number of carbonyl (C=O) groups is 3. The Labute approximate surface area is 92.7 Å². The van der Waals surface area contributed by atoms with Crippen LogP contribution in [-0.4, -0.2) is 34.3 Å². The Morgan fingerprint density at radius 1 is 1.44 bits per heavy atom. The van der Waals surface area contributed by atoms with Crippen LogP contribution in [0.25, 0.3) is 0 Å². The van der Waals surface area contributed by atoms with E-state index in [-0.39, 0.29) is 23.7 Å². The third kappa shape index (κ3) is 1.62. The maximum atomic E-state index is 11.8. The van der Waals surface area contributed by atoms with Gasteiger partial charge in [0, 0.05) is 0 Å². The van der Waals surface area contributed by atoms with Crippen LogP contribution in [0.5, 0.6) is 0 Å². The van der Waals surface area contributed by atoms with Crippen molar-refractivity contribution in [2.24, 2.45) is 11.8 Å². The Morgan fingerprint density at radius 3 is 2.69 bits per heavy atom. The monoisotopic (exact) mass is 223 g/mol. The molecule has 1 aliphatic carbocycles. The number of amides is 2. The van der Waals surface area contributed by atoms with Crippen molar-refractivity contribution in [2.75, 3.05) is 6.54 Å². The second-order valence-electron chi connectivity index (χ2n) is 4.36. The van der Waals surface area contributed by atoms with Gasteiger partial charge in [-0.15, -0.1) is 0 Å². The van der Waals surface area contributed by atoms with Gasteiger partial charge in [0.25, 0.3) is 0 Å². The van der Waals surface area contributed by atoms with Gasteiger partial charge in [0.2, 0.25) is 11.8 Å². The molecular weight excluding hydrogens is 210 g/mol. The van der Waals surface area contributed by atoms with E-state index >= 15 is 0 Å². The normalized spacial score (nSPS) is 29.1. The third-order valence-corrected chi connectivity index (χ3v) is 3.21. The first-order valence-corrected chi connectivity index (χ1v) is 5.23. The SMILES string of the molecule is CC1=CCC2C(=O)N(CC(=O)O)C(=O)C2C1. The lowest BCUT2D eigenvalue weighted by molar-refractivity contribution is -0.149. The number of nitrogens with zero attached hydrogens (tertiary/aromatic N) is 1. The molecule has 1 heterocycles. The summed E-state index contributed by atoms with van der Waals surface area (Å²) in [6, 6.07) is 0. The van der Waals surface area contributed by atoms with Gasteiger partial charge < -0.3 is 5.11 Å². The van der Waals surface area contributed by atoms with Gasteiger partial charge in [-0.2, -0.15) is 0 Å². The predicted octanol–water partition coefficient (Wildman–Crippen LogP) is 0.412. The fourth-order valence-electron chi connectivity index (χ4n) is 2.40. The maximum Gasteiger partial charge on any atom is 0.323 e. The Morgan fingerprint density at radius 2 is 2.06 bits per heavy atom. The van der Waals surface area contributed by atoms with Crippen molar-refractivity contribution >= 4 is 17.8 Å². The molecular formula is C11H13NO4. The zero-order valence-electron chi connectivity index (χ0n) is 8.97. The zero-order chi connectivity index (χ0) is 11.9. The summed E-state index contributed by atoms with van der Waals surface area (Å²) < 4.78 is 0. The lowest BCUT2D eigenvalue weighted by Crippen LogP contribution is -2.35. The van der Waals surface area contributed by atoms with E-state index in [1.807, 2.05) is 13.0 Å². The largest absolute Gasteiger partial charge is 0.480 e. The van der Waals surface area contributed by atoms with E-state index in [4.69, 9.17) is 5.11 Å². The zero-order valence-corrected chi connectivity index (χ0v) is 8.97. The number of imide groups is 1. The molecule has 1 aliphatic heterocycles. The van der Waals surface area contributed by atoms with Crippen molar-refractivity contribution < 1.29 is 19.5 Å². The van der Waals surface area contributed by atoms with Gasteiger partial charge in [0.1, 0.15) is 6.54 Å². The molecule has 86 valence electrons. The third-order valence-electron chi connectivity index (χ3n) is 3.21. The molecule has 16 heavy (non-hydrogen) atoms. The molecule has 0 spiro atoms. The molecule has 0 aromatic carbocycles. The fourth-order valence-corrected chi connectivity index (χ4v) is 2.40. The molecule has 5 heteroatoms. The first-order chi connectivity index (χ1) is 7.50. The molecule has 1 fully saturated rings. The molecule has 1 N–H and O–H groups in total. The van der Waals surface area contributed by atoms with E-state index in [1.165, 1.54) is 0 Å². The fraction of sp³-hybridized carbons (Fsp3) is 0.545. The number of hydrogen-bond donors (Lipinski definition) is 1. The van der Waals surface area contributed by atoms with E-state index in [0.717, 1.165) is 10.5 Å². The molecule has 2 rings (SSSR count). The van der Waals surface area contributed by atoms with Crippen LogP contribution >= 0.6 is 0 Å². The number of allylic oxidation sites excluding steroid dienone is 2. The molecule has 2 unspecified atom stereocenters. The number of rotatable bonds is 2. The van der Waals surface area contributed by atoms with E-state index in [1.54, 1.807) is 0 Å². The van der Waals surface area contributed by atoms with Crippen molar-refractivity contribution in [3.63, 3.8) is 0 Å². The van der Waals surface area contributed by atoms with Crippen LogP contribution in [0.1, 0.15) is 19.8 Å². The average Bonchev–Trinajstić information content (AvgIpc) is 2.43. The lowest BCUT2D eigenvalue weighted by Gasteiger charge is -2.19. The van der Waals surface area contributed by atoms with Crippen LogP contribution in [-0.2, 0) is 14.4 Å². The van der Waals surface area contributed by atoms with Crippen LogP contribution in [0.3, 0.4) is 0 Å². The van der Waals surface area contributed by atoms with Crippen molar-refractivity contribution in [1.82, 2.24) is 4.90 Å². The Balaban J connectivity index is 2.21. The summed E-state index contributed by atoms with van der Waals surface area (Å²) in [5.41, 5.74) is 1.10. The minimum absolute atomic E-state index is 0.329. The summed E-state index contributed by atoms with van der Waals surface area (Å²) in [6.45, 7) is 1.41. The van der Waals surface area contributed by atoms with E-state index in [0.29, 0.717) is 12.8 Å². The van der Waals surface area contributed by atoms with E-state index < -0.39 is 12.5 Å². The minimum atomic E-state index is -1.15. The van der Waals surface area contributed by atoms with Gasteiger partial charge in [-0.1, -0.05) is 11.6 Å². The van der Waals surface area contributed by atoms with Gasteiger partial charge in [-0.25, -0.2) is 0 Å². The molecule has 0 aromatic heterocycles. The molecule has 0 aromatic rings. The standard InChI is InChI=1S/C11H13NO4/c1-6-2-3-7-8(4-6)11(16)12(10(7)15)5-9(13)14/h2,7-8H,3-5H2,1H3,(H,13,14). The summed E-state index contributed by atoms with van der Waals surface area (Å²) in [4.78, 5) is 35.1. The Kier molecular flexibility index (Phi) is 2.53. The van der Waals surface area contributed by atoms with Gasteiger partial charge >= 0.3 is 5.97 Å². The molecule has 0 saturated carbocycles. The summed E-state index contributed by atoms with van der Waals surface area (Å²) in [5, 5.41) is 8.64. The van der Waals surface area contributed by atoms with Crippen LogP contribution in [0.4, 0.5) is 0 Å². The Bertz CT molecular complexity index is 399. The van der Waals surface area contributed by atoms with Gasteiger partial charge in [0.05, 0.1) is 11.8 Å². The van der Waals surface area contributed by atoms with Gasteiger partial charge in [-0.3, -0.25) is 19.3 Å². The average molecular weight is 223 g/mol. The number of fused-ring (bicyclic) bond motifs is 1. The molecule has 2 atom stereocenters. The molecule has 0 bridgehead atoms. The van der Waals surface area contributed by atoms with Crippen molar-refractivity contribution in [1.29, 1.82) is 0 Å². The summed E-state index contributed by atoms with van der Waals surface area (Å²) in [6.07, 6.45) is 3.08. The van der Waals surface area contributed by atoms with E-state index in [9.17, 15) is 14.4 Å². The first kappa shape index (κ1) is 10.9. The quantitative estimate of drug-likeness (QED) is 0.543. The number of likely N-dealkylation sites (tertiary alicyclic amines) is 1. The van der Waals surface area contributed by atoms with Crippen molar-refractivity contribution in [3.05, 3.63) is 11.6 Å². The molecule has 5 nitrogen and oxygen atoms in total. The number of aliphatic carboxylic acids is 1. The lowest BCUT2D eigenvalue weighted by atomic mass is 9.82. The van der Waals surface area contributed by atoms with E-state index in [2.05, 4.69) is 0 Å². The highest BCUT2D eigenvalue weighted by molar-refractivity contribution is 6.07. The van der Waals surface area contributed by atoms with Crippen LogP contribution in [0, 0.1) is 11.8 Å². The smallest absolute Gasteiger partial charge is 0.323 e. The topological polar surface area (TPSA) is 74.7 Å². The van der Waals surface area contributed by atoms with Gasteiger partial charge in [0.15, 0.2) is 0 Å². The van der Waals surface area contributed by atoms with Crippen LogP contribution in [0.15, 0.2) is 11.6 Å². The van der Waals surface area contributed by atoms with Crippen LogP contribution < -0.4 is 0 Å². The predicted molar refractivity (Wildman–Crippen MR) is 54.3 cm³/mol. The molecule has 2 amide bonds. The first-order valence-electron chi connectivity index (χ1n) is 5.23. The van der Waals surface area contributed by atoms with Crippen LogP contribution in [0.2, 0.25) is 0 Å². The Hall–Kier alpha value is -1.65. The highest BCUT2D eigenvalue weighted by Crippen LogP contribution is 2.37. The summed E-state index contributed by atoms with van der Waals surface area (Å²) in [5.74, 6) is -2.48. The molecule has 1 saturated heterocycles. The molecule has 2 aliphatic rings. The maximum absolute atomic E-state index is 11.8. The summed E-state index contributed by atoms with van der Waals surface area (Å²) in [7, 11) is 0. The van der Waals surface area contributed by atoms with Crippen molar-refractivity contribution in [2.45, 2.75) is 19.8 Å². The van der Waals surface area contributed by atoms with Gasteiger partial charge in [-0.05, 0) is 19.8 Å². The van der Waals surface area contributed by atoms with Crippen molar-refractivity contribution in [3.8, 4) is 0 Å². The number of carbonyl (C=O) groups excluding carboxylic acids is 2. The second-order valence-corrected chi connectivity index (χ2v) is 4.36. The number of carboxylic acids is 1. The number of hydrogen-bond acceptors (Lipinski definition) is 3. The number of carboxylic acid groups (broad SMARTS) is 1. The summed E-state index contributed by atoms with van der Waals surface area (Å²) >= 11 is 0. The molecule has 0 radical (unpaired) electrons.